The van der Waals surface area contributed by atoms with Crippen molar-refractivity contribution in [2.75, 3.05) is 6.61 Å². The Morgan fingerprint density at radius 1 is 1.43 bits per heavy atom. The molecule has 0 fully saturated rings. The smallest absolute Gasteiger partial charge is 0.326 e. The van der Waals surface area contributed by atoms with Crippen molar-refractivity contribution in [1.82, 2.24) is 5.32 Å². The number of carboxylic acids is 1. The predicted octanol–water partition coefficient (Wildman–Crippen LogP) is 2.21. The molecular formula is C15H20FNO4. The third-order valence-electron chi connectivity index (χ3n) is 3.19. The molecule has 1 unspecified atom stereocenters. The molecular weight excluding hydrogens is 277 g/mol. The number of benzene rings is 1. The number of ether oxygens (including phenoxy) is 1. The Bertz CT molecular complexity index is 492. The van der Waals surface area contributed by atoms with Gasteiger partial charge in [0.2, 0.25) is 5.91 Å². The van der Waals surface area contributed by atoms with E-state index in [4.69, 9.17) is 9.84 Å². The average molecular weight is 297 g/mol. The third-order valence-corrected chi connectivity index (χ3v) is 3.19. The lowest BCUT2D eigenvalue weighted by molar-refractivity contribution is -0.143. The summed E-state index contributed by atoms with van der Waals surface area (Å²) in [4.78, 5) is 22.8. The highest BCUT2D eigenvalue weighted by Gasteiger charge is 2.24. The minimum atomic E-state index is -1.05. The van der Waals surface area contributed by atoms with Gasteiger partial charge in [-0.05, 0) is 18.1 Å². The van der Waals surface area contributed by atoms with Crippen LogP contribution < -0.4 is 10.1 Å². The summed E-state index contributed by atoms with van der Waals surface area (Å²) in [7, 11) is 0. The van der Waals surface area contributed by atoms with Crippen LogP contribution in [0.3, 0.4) is 0 Å². The quantitative estimate of drug-likeness (QED) is 0.771. The lowest BCUT2D eigenvalue weighted by Crippen LogP contribution is -2.45. The van der Waals surface area contributed by atoms with Gasteiger partial charge in [0, 0.05) is 6.07 Å². The summed E-state index contributed by atoms with van der Waals surface area (Å²) in [6.45, 7) is 3.68. The van der Waals surface area contributed by atoms with E-state index in [-0.39, 0.29) is 18.9 Å². The van der Waals surface area contributed by atoms with Crippen molar-refractivity contribution in [1.29, 1.82) is 0 Å². The van der Waals surface area contributed by atoms with Crippen LogP contribution >= 0.6 is 0 Å². The van der Waals surface area contributed by atoms with Crippen LogP contribution in [0.25, 0.3) is 0 Å². The number of aliphatic carboxylic acids is 1. The van der Waals surface area contributed by atoms with Gasteiger partial charge < -0.3 is 15.2 Å². The number of hydrogen-bond acceptors (Lipinski definition) is 3. The van der Waals surface area contributed by atoms with E-state index in [0.717, 1.165) is 0 Å². The summed E-state index contributed by atoms with van der Waals surface area (Å²) in [5.41, 5.74) is 0. The number of carbonyl (C=O) groups excluding carboxylic acids is 1. The molecule has 5 nitrogen and oxygen atoms in total. The molecule has 0 radical (unpaired) electrons. The maximum Gasteiger partial charge on any atom is 0.326 e. The van der Waals surface area contributed by atoms with Crippen LogP contribution in [0, 0.1) is 11.7 Å². The zero-order chi connectivity index (χ0) is 15.8. The fourth-order valence-corrected chi connectivity index (χ4v) is 1.75. The van der Waals surface area contributed by atoms with Gasteiger partial charge in [-0.2, -0.15) is 0 Å². The molecule has 21 heavy (non-hydrogen) atoms. The molecule has 116 valence electrons. The molecule has 0 bridgehead atoms. The minimum absolute atomic E-state index is 0.0106. The Hall–Kier alpha value is -2.11. The Morgan fingerprint density at radius 3 is 2.71 bits per heavy atom. The SMILES string of the molecule is CCC(C)[C@H](NC(=O)CCOc1cccc(F)c1)C(=O)O. The van der Waals surface area contributed by atoms with Gasteiger partial charge >= 0.3 is 5.97 Å². The number of carboxylic acid groups (broad SMARTS) is 1. The van der Waals surface area contributed by atoms with Crippen molar-refractivity contribution in [3.63, 3.8) is 0 Å². The van der Waals surface area contributed by atoms with Gasteiger partial charge in [0.1, 0.15) is 17.6 Å². The number of carbonyl (C=O) groups is 2. The normalized spacial score (nSPS) is 13.3. The van der Waals surface area contributed by atoms with Crippen LogP contribution in [0.5, 0.6) is 5.75 Å². The lowest BCUT2D eigenvalue weighted by atomic mass is 9.99. The second-order valence-electron chi connectivity index (χ2n) is 4.82. The van der Waals surface area contributed by atoms with E-state index in [1.807, 2.05) is 6.92 Å². The summed E-state index contributed by atoms with van der Waals surface area (Å²) in [6.07, 6.45) is 0.660. The highest BCUT2D eigenvalue weighted by Crippen LogP contribution is 2.12. The molecule has 1 amide bonds. The molecule has 2 N–H and O–H groups in total. The third kappa shape index (κ3) is 5.81. The van der Waals surface area contributed by atoms with E-state index in [2.05, 4.69) is 5.32 Å². The van der Waals surface area contributed by atoms with Crippen molar-refractivity contribution in [2.45, 2.75) is 32.7 Å². The van der Waals surface area contributed by atoms with Gasteiger partial charge in [-0.15, -0.1) is 0 Å². The first kappa shape index (κ1) is 16.9. The second kappa shape index (κ2) is 8.24. The van der Waals surface area contributed by atoms with Crippen molar-refractivity contribution in [3.05, 3.63) is 30.1 Å². The van der Waals surface area contributed by atoms with E-state index in [0.29, 0.717) is 12.2 Å². The zero-order valence-corrected chi connectivity index (χ0v) is 12.1. The van der Waals surface area contributed by atoms with Gasteiger partial charge in [-0.1, -0.05) is 26.3 Å². The first-order chi connectivity index (χ1) is 9.93. The minimum Gasteiger partial charge on any atom is -0.493 e. The summed E-state index contributed by atoms with van der Waals surface area (Å²) in [5, 5.41) is 11.5. The Labute approximate surface area is 123 Å². The molecule has 0 aromatic heterocycles. The Kier molecular flexibility index (Phi) is 6.65. The van der Waals surface area contributed by atoms with E-state index in [1.54, 1.807) is 13.0 Å². The van der Waals surface area contributed by atoms with Crippen LogP contribution in [0.15, 0.2) is 24.3 Å². The number of halogens is 1. The zero-order valence-electron chi connectivity index (χ0n) is 12.1. The first-order valence-electron chi connectivity index (χ1n) is 6.84. The molecule has 2 atom stereocenters. The molecule has 0 heterocycles. The van der Waals surface area contributed by atoms with Crippen LogP contribution in [-0.4, -0.2) is 29.6 Å². The second-order valence-corrected chi connectivity index (χ2v) is 4.82. The van der Waals surface area contributed by atoms with E-state index in [9.17, 15) is 14.0 Å². The highest BCUT2D eigenvalue weighted by atomic mass is 19.1. The Morgan fingerprint density at radius 2 is 2.14 bits per heavy atom. The van der Waals surface area contributed by atoms with Gasteiger partial charge in [-0.25, -0.2) is 9.18 Å². The summed E-state index contributed by atoms with van der Waals surface area (Å²) < 4.78 is 18.2. The maximum absolute atomic E-state index is 12.9. The molecule has 6 heteroatoms. The largest absolute Gasteiger partial charge is 0.493 e. The van der Waals surface area contributed by atoms with Gasteiger partial charge in [-0.3, -0.25) is 4.79 Å². The van der Waals surface area contributed by atoms with Gasteiger partial charge in [0.05, 0.1) is 13.0 Å². The van der Waals surface area contributed by atoms with Crippen LogP contribution in [0.2, 0.25) is 0 Å². The topological polar surface area (TPSA) is 75.6 Å². The average Bonchev–Trinajstić information content (AvgIpc) is 2.43. The molecule has 0 saturated heterocycles. The van der Waals surface area contributed by atoms with E-state index in [1.165, 1.54) is 18.2 Å². The summed E-state index contributed by atoms with van der Waals surface area (Å²) >= 11 is 0. The molecule has 0 spiro atoms. The number of amides is 1. The van der Waals surface area contributed by atoms with Crippen LogP contribution in [-0.2, 0) is 9.59 Å². The van der Waals surface area contributed by atoms with Crippen molar-refractivity contribution in [3.8, 4) is 5.75 Å². The molecule has 1 aromatic carbocycles. The summed E-state index contributed by atoms with van der Waals surface area (Å²) in [5.74, 6) is -1.70. The fraction of sp³-hybridized carbons (Fsp3) is 0.467. The van der Waals surface area contributed by atoms with Crippen molar-refractivity contribution >= 4 is 11.9 Å². The number of rotatable bonds is 8. The molecule has 1 aromatic rings. The maximum atomic E-state index is 12.9. The van der Waals surface area contributed by atoms with E-state index >= 15 is 0 Å². The van der Waals surface area contributed by atoms with Crippen molar-refractivity contribution in [2.24, 2.45) is 5.92 Å². The first-order valence-corrected chi connectivity index (χ1v) is 6.84. The lowest BCUT2D eigenvalue weighted by Gasteiger charge is -2.20. The number of hydrogen-bond donors (Lipinski definition) is 2. The molecule has 1 rings (SSSR count). The van der Waals surface area contributed by atoms with Crippen molar-refractivity contribution < 1.29 is 23.8 Å². The van der Waals surface area contributed by atoms with Crippen LogP contribution in [0.4, 0.5) is 4.39 Å². The highest BCUT2D eigenvalue weighted by molar-refractivity contribution is 5.83. The molecule has 0 aliphatic heterocycles. The molecule has 0 aliphatic rings. The molecule has 0 aliphatic carbocycles. The number of nitrogens with one attached hydrogen (secondary N) is 1. The van der Waals surface area contributed by atoms with Crippen LogP contribution in [0.1, 0.15) is 26.7 Å². The summed E-state index contributed by atoms with van der Waals surface area (Å²) in [6, 6.07) is 4.70. The van der Waals surface area contributed by atoms with Gasteiger partial charge in [0.15, 0.2) is 0 Å². The predicted molar refractivity (Wildman–Crippen MR) is 75.5 cm³/mol. The fourth-order valence-electron chi connectivity index (χ4n) is 1.75. The standard InChI is InChI=1S/C15H20FNO4/c1-3-10(2)14(15(19)20)17-13(18)7-8-21-12-6-4-5-11(16)9-12/h4-6,9-10,14H,3,7-8H2,1-2H3,(H,17,18)(H,19,20)/t10?,14-/m0/s1. The molecule has 0 saturated carbocycles. The van der Waals surface area contributed by atoms with E-state index < -0.39 is 23.7 Å². The monoisotopic (exact) mass is 297 g/mol. The Balaban J connectivity index is 2.41. The van der Waals surface area contributed by atoms with Gasteiger partial charge in [0.25, 0.3) is 0 Å².